The predicted octanol–water partition coefficient (Wildman–Crippen LogP) is 3.62. The second-order valence-electron chi connectivity index (χ2n) is 8.45. The number of nitrogens with zero attached hydrogens (tertiary/aromatic N) is 4. The molecule has 1 fully saturated rings. The second-order valence-corrected chi connectivity index (χ2v) is 10.4. The van der Waals surface area contributed by atoms with Gasteiger partial charge in [0.15, 0.2) is 0 Å². The zero-order valence-corrected chi connectivity index (χ0v) is 19.6. The van der Waals surface area contributed by atoms with Crippen molar-refractivity contribution in [3.63, 3.8) is 0 Å². The third-order valence-electron chi connectivity index (χ3n) is 6.01. The van der Waals surface area contributed by atoms with Crippen LogP contribution < -0.4 is 4.90 Å². The number of benzene rings is 2. The highest BCUT2D eigenvalue weighted by Gasteiger charge is 2.27. The molecule has 1 aliphatic heterocycles. The van der Waals surface area contributed by atoms with Gasteiger partial charge in [0.2, 0.25) is 10.0 Å². The van der Waals surface area contributed by atoms with Crippen LogP contribution in [0.1, 0.15) is 38.9 Å². The van der Waals surface area contributed by atoms with Crippen LogP contribution in [0.5, 0.6) is 0 Å². The van der Waals surface area contributed by atoms with E-state index in [4.69, 9.17) is 4.98 Å². The molecule has 3 aromatic rings. The standard InChI is InChI=1S/C24H32N4O3S/c1-3-28-23-13-12-21(32(30,31)27-14-8-5-9-15-27)16-22(23)25-24(28)18-26(17-19(2)29)20-10-6-4-7-11-20/h4,6-7,10-13,16,19,29H,3,5,8-9,14-15,17-18H2,1-2H3. The maximum absolute atomic E-state index is 13.1. The first-order valence-corrected chi connectivity index (χ1v) is 12.8. The van der Waals surface area contributed by atoms with E-state index in [-0.39, 0.29) is 0 Å². The summed E-state index contributed by atoms with van der Waals surface area (Å²) in [6.07, 6.45) is 2.42. The summed E-state index contributed by atoms with van der Waals surface area (Å²) < 4.78 is 30.0. The third kappa shape index (κ3) is 4.67. The molecule has 7 nitrogen and oxygen atoms in total. The van der Waals surface area contributed by atoms with E-state index < -0.39 is 16.1 Å². The van der Waals surface area contributed by atoms with Gasteiger partial charge in [-0.15, -0.1) is 0 Å². The van der Waals surface area contributed by atoms with Crippen molar-refractivity contribution in [3.8, 4) is 0 Å². The van der Waals surface area contributed by atoms with Gasteiger partial charge in [0.05, 0.1) is 28.6 Å². The van der Waals surface area contributed by atoms with Crippen molar-refractivity contribution >= 4 is 26.7 Å². The van der Waals surface area contributed by atoms with Gasteiger partial charge in [-0.05, 0) is 57.0 Å². The molecule has 1 unspecified atom stereocenters. The van der Waals surface area contributed by atoms with Gasteiger partial charge >= 0.3 is 0 Å². The summed E-state index contributed by atoms with van der Waals surface area (Å²) in [4.78, 5) is 7.24. The Morgan fingerprint density at radius 3 is 2.47 bits per heavy atom. The molecule has 0 amide bonds. The minimum Gasteiger partial charge on any atom is -0.392 e. The number of aliphatic hydroxyl groups excluding tert-OH is 1. The number of aliphatic hydroxyl groups is 1. The van der Waals surface area contributed by atoms with Crippen LogP contribution in [0.15, 0.2) is 53.4 Å². The van der Waals surface area contributed by atoms with Crippen LogP contribution in [0.2, 0.25) is 0 Å². The van der Waals surface area contributed by atoms with Crippen molar-refractivity contribution in [3.05, 3.63) is 54.4 Å². The van der Waals surface area contributed by atoms with E-state index in [1.54, 1.807) is 23.4 Å². The number of para-hydroxylation sites is 1. The normalized spacial score (nSPS) is 16.3. The molecular formula is C24H32N4O3S. The summed E-state index contributed by atoms with van der Waals surface area (Å²) in [6.45, 7) is 6.72. The van der Waals surface area contributed by atoms with Gasteiger partial charge in [-0.1, -0.05) is 24.6 Å². The minimum absolute atomic E-state index is 0.308. The molecular weight excluding hydrogens is 424 g/mol. The Bertz CT molecular complexity index is 1150. The lowest BCUT2D eigenvalue weighted by Crippen LogP contribution is -2.35. The Labute approximate surface area is 190 Å². The molecule has 0 saturated carbocycles. The minimum atomic E-state index is -3.51. The van der Waals surface area contributed by atoms with E-state index in [1.807, 2.05) is 36.4 Å². The topological polar surface area (TPSA) is 78.7 Å². The molecule has 0 aliphatic carbocycles. The quantitative estimate of drug-likeness (QED) is 0.560. The van der Waals surface area contributed by atoms with Crippen LogP contribution in [0.4, 0.5) is 5.69 Å². The highest BCUT2D eigenvalue weighted by Crippen LogP contribution is 2.26. The molecule has 1 aliphatic rings. The average molecular weight is 457 g/mol. The van der Waals surface area contributed by atoms with Gasteiger partial charge in [-0.3, -0.25) is 0 Å². The van der Waals surface area contributed by atoms with Gasteiger partial charge < -0.3 is 14.6 Å². The van der Waals surface area contributed by atoms with E-state index in [0.29, 0.717) is 36.6 Å². The molecule has 0 bridgehead atoms. The average Bonchev–Trinajstić information content (AvgIpc) is 3.15. The summed E-state index contributed by atoms with van der Waals surface area (Å²) in [5.41, 5.74) is 2.62. The van der Waals surface area contributed by atoms with Gasteiger partial charge in [0, 0.05) is 31.9 Å². The molecule has 8 heteroatoms. The fraction of sp³-hybridized carbons (Fsp3) is 0.458. The molecule has 1 N–H and O–H groups in total. The van der Waals surface area contributed by atoms with E-state index in [1.165, 1.54) is 0 Å². The Hall–Kier alpha value is -2.42. The summed E-state index contributed by atoms with van der Waals surface area (Å²) in [6, 6.07) is 15.2. The fourth-order valence-electron chi connectivity index (χ4n) is 4.44. The third-order valence-corrected chi connectivity index (χ3v) is 7.90. The number of sulfonamides is 1. The largest absolute Gasteiger partial charge is 0.392 e. The number of rotatable bonds is 8. The fourth-order valence-corrected chi connectivity index (χ4v) is 5.98. The van der Waals surface area contributed by atoms with Crippen molar-refractivity contribution in [2.24, 2.45) is 0 Å². The number of piperidine rings is 1. The Morgan fingerprint density at radius 1 is 1.09 bits per heavy atom. The van der Waals surface area contributed by atoms with Crippen molar-refractivity contribution in [2.75, 3.05) is 24.5 Å². The van der Waals surface area contributed by atoms with Crippen molar-refractivity contribution < 1.29 is 13.5 Å². The summed E-state index contributed by atoms with van der Waals surface area (Å²) in [5, 5.41) is 10.0. The monoisotopic (exact) mass is 456 g/mol. The maximum Gasteiger partial charge on any atom is 0.243 e. The van der Waals surface area contributed by atoms with E-state index in [2.05, 4.69) is 16.4 Å². The Morgan fingerprint density at radius 2 is 1.81 bits per heavy atom. The van der Waals surface area contributed by atoms with E-state index >= 15 is 0 Å². The Kier molecular flexibility index (Phi) is 6.83. The number of aryl methyl sites for hydroxylation is 1. The van der Waals surface area contributed by atoms with Crippen LogP contribution in [-0.4, -0.2) is 53.1 Å². The molecule has 0 spiro atoms. The van der Waals surface area contributed by atoms with Crippen LogP contribution >= 0.6 is 0 Å². The highest BCUT2D eigenvalue weighted by molar-refractivity contribution is 7.89. The van der Waals surface area contributed by atoms with Crippen molar-refractivity contribution in [1.29, 1.82) is 0 Å². The van der Waals surface area contributed by atoms with Crippen LogP contribution in [0.3, 0.4) is 0 Å². The van der Waals surface area contributed by atoms with E-state index in [0.717, 1.165) is 42.8 Å². The zero-order valence-electron chi connectivity index (χ0n) is 18.8. The first kappa shape index (κ1) is 22.8. The second kappa shape index (κ2) is 9.60. The van der Waals surface area contributed by atoms with Gasteiger partial charge in [-0.2, -0.15) is 4.31 Å². The summed E-state index contributed by atoms with van der Waals surface area (Å²) in [5.74, 6) is 0.847. The molecule has 32 heavy (non-hydrogen) atoms. The molecule has 2 heterocycles. The lowest BCUT2D eigenvalue weighted by molar-refractivity contribution is 0.199. The molecule has 2 aromatic carbocycles. The van der Waals surface area contributed by atoms with E-state index in [9.17, 15) is 13.5 Å². The summed E-state index contributed by atoms with van der Waals surface area (Å²) >= 11 is 0. The smallest absolute Gasteiger partial charge is 0.243 e. The number of hydrogen-bond acceptors (Lipinski definition) is 5. The molecule has 0 radical (unpaired) electrons. The molecule has 1 aromatic heterocycles. The number of aromatic nitrogens is 2. The van der Waals surface area contributed by atoms with Gasteiger partial charge in [0.1, 0.15) is 5.82 Å². The van der Waals surface area contributed by atoms with Crippen LogP contribution in [0.25, 0.3) is 11.0 Å². The highest BCUT2D eigenvalue weighted by atomic mass is 32.2. The number of imidazole rings is 1. The molecule has 1 atom stereocenters. The van der Waals surface area contributed by atoms with Gasteiger partial charge in [-0.25, -0.2) is 13.4 Å². The first-order valence-electron chi connectivity index (χ1n) is 11.4. The van der Waals surface area contributed by atoms with Gasteiger partial charge in [0.25, 0.3) is 0 Å². The van der Waals surface area contributed by atoms with Crippen LogP contribution in [0, 0.1) is 0 Å². The zero-order chi connectivity index (χ0) is 22.7. The Balaban J connectivity index is 1.69. The predicted molar refractivity (Wildman–Crippen MR) is 127 cm³/mol. The number of fused-ring (bicyclic) bond motifs is 1. The van der Waals surface area contributed by atoms with Crippen molar-refractivity contribution in [2.45, 2.75) is 57.2 Å². The number of anilines is 1. The molecule has 4 rings (SSSR count). The molecule has 172 valence electrons. The maximum atomic E-state index is 13.1. The summed E-state index contributed by atoms with van der Waals surface area (Å²) in [7, 11) is -3.51. The van der Waals surface area contributed by atoms with Crippen LogP contribution in [-0.2, 0) is 23.1 Å². The van der Waals surface area contributed by atoms with Crippen molar-refractivity contribution in [1.82, 2.24) is 13.9 Å². The lowest BCUT2D eigenvalue weighted by Gasteiger charge is -2.26. The molecule has 1 saturated heterocycles. The first-order chi connectivity index (χ1) is 15.4. The SMILES string of the molecule is CCn1c(CN(CC(C)O)c2ccccc2)nc2cc(S(=O)(=O)N3CCCCC3)ccc21. The lowest BCUT2D eigenvalue weighted by atomic mass is 10.2. The number of hydrogen-bond donors (Lipinski definition) is 1.